The number of carbonyl (C=O) groups is 3. The summed E-state index contributed by atoms with van der Waals surface area (Å²) in [5.74, 6) is -2.41. The molecule has 0 atom stereocenters. The van der Waals surface area contributed by atoms with E-state index in [9.17, 15) is 43.0 Å². The minimum atomic E-state index is -4.35. The fourth-order valence-corrected chi connectivity index (χ4v) is 9.57. The Labute approximate surface area is 533 Å². The topological polar surface area (TPSA) is 386 Å². The molecule has 0 radical (unpaired) electrons. The van der Waals surface area contributed by atoms with Crippen LogP contribution in [0.15, 0.2) is 65.6 Å². The molecule has 29 nitrogen and oxygen atoms in total. The van der Waals surface area contributed by atoms with Gasteiger partial charge in [0.1, 0.15) is 22.6 Å². The van der Waals surface area contributed by atoms with Crippen molar-refractivity contribution in [2.75, 3.05) is 62.4 Å². The molecule has 0 unspecified atom stereocenters. The van der Waals surface area contributed by atoms with Crippen molar-refractivity contribution >= 4 is 63.3 Å². The summed E-state index contributed by atoms with van der Waals surface area (Å²) in [7, 11) is -4.35. The third kappa shape index (κ3) is 24.2. The molecule has 2 aliphatic rings. The number of rotatable bonds is 23. The van der Waals surface area contributed by atoms with Crippen LogP contribution in [0, 0.1) is 27.2 Å². The summed E-state index contributed by atoms with van der Waals surface area (Å²) < 4.78 is 66.5. The van der Waals surface area contributed by atoms with E-state index >= 15 is 0 Å². The van der Waals surface area contributed by atoms with Crippen molar-refractivity contribution in [2.45, 2.75) is 163 Å². The van der Waals surface area contributed by atoms with E-state index < -0.39 is 60.2 Å². The Morgan fingerprint density at radius 3 is 1.68 bits per heavy atom. The number of esters is 1. The van der Waals surface area contributed by atoms with Crippen molar-refractivity contribution in [1.82, 2.24) is 35.1 Å². The minimum absolute atomic E-state index is 0.104. The number of aromatic nitrogens is 4. The van der Waals surface area contributed by atoms with Gasteiger partial charge in [-0.25, -0.2) is 9.59 Å². The second-order valence-electron chi connectivity index (χ2n) is 22.8. The second kappa shape index (κ2) is 35.2. The fourth-order valence-electron chi connectivity index (χ4n) is 8.68. The first-order valence-electron chi connectivity index (χ1n) is 30.6. The van der Waals surface area contributed by atoms with Crippen molar-refractivity contribution in [1.29, 1.82) is 0 Å². The van der Waals surface area contributed by atoms with E-state index in [1.54, 1.807) is 35.8 Å². The summed E-state index contributed by atoms with van der Waals surface area (Å²) in [6.45, 7) is 25.5. The predicted molar refractivity (Wildman–Crippen MR) is 336 cm³/mol. The lowest BCUT2D eigenvalue weighted by Crippen LogP contribution is -2.40. The van der Waals surface area contributed by atoms with Gasteiger partial charge in [0.25, 0.3) is 0 Å². The molecule has 0 saturated carbocycles. The molecule has 498 valence electrons. The first kappa shape index (κ1) is 72.5. The summed E-state index contributed by atoms with van der Waals surface area (Å²) in [5.41, 5.74) is 16.7. The molecular formula is C61H86N12O17S. The Hall–Kier alpha value is -9.28. The number of aryl methyl sites for hydroxylation is 1. The van der Waals surface area contributed by atoms with Gasteiger partial charge in [-0.15, -0.1) is 0 Å². The average Bonchev–Trinajstić information content (AvgIpc) is 0.854. The van der Waals surface area contributed by atoms with Crippen LogP contribution in [0.25, 0.3) is 0 Å². The molecule has 0 bridgehead atoms. The van der Waals surface area contributed by atoms with Crippen molar-refractivity contribution in [2.24, 2.45) is 0 Å². The number of unbranched alkanes of at least 4 members (excludes halogenated alkanes) is 2. The number of nitrogens with one attached hydrogen (secondary N) is 1. The van der Waals surface area contributed by atoms with Crippen LogP contribution in [-0.2, 0) is 77.7 Å². The van der Waals surface area contributed by atoms with Crippen LogP contribution < -0.4 is 35.3 Å². The van der Waals surface area contributed by atoms with E-state index in [4.69, 9.17) is 51.9 Å². The SMILES string of the molecule is CCCCOc1nc(N)c([N+](=O)[O-])c(N(CC(=O)OCC)Cc2ccc3c(c2)CCN(C(=O)OC(C)(C)C)C3)n1.CCCCOc1nc(N)c([N+](=O)[O-])c(OS(=O)(=O)c2ccc(C)cc2)n1.CCCNCc1ccc2c(c1)CCN(C(=O)OC(C)(C)C)C2.O=C=O.[2H][3H]. The predicted octanol–water partition coefficient (Wildman–Crippen LogP) is 9.37. The van der Waals surface area contributed by atoms with Gasteiger partial charge >= 0.3 is 63.7 Å². The number of nitro groups is 2. The number of hydrogen-bond donors (Lipinski definition) is 3. The normalized spacial score (nSPS) is 12.6. The first-order valence-corrected chi connectivity index (χ1v) is 31.1. The molecule has 0 saturated heterocycles. The molecule has 0 fully saturated rings. The molecule has 4 heterocycles. The molecule has 2 amide bonds. The lowest BCUT2D eigenvalue weighted by atomic mass is 9.97. The van der Waals surface area contributed by atoms with Crippen LogP contribution in [0.2, 0.25) is 0 Å². The van der Waals surface area contributed by atoms with E-state index in [0.29, 0.717) is 39.1 Å². The monoisotopic (exact) mass is 1290 g/mol. The third-order valence-electron chi connectivity index (χ3n) is 13.0. The number of nitrogen functional groups attached to an aromatic ring is 2. The van der Waals surface area contributed by atoms with Gasteiger partial charge in [-0.2, -0.15) is 37.9 Å². The zero-order valence-corrected chi connectivity index (χ0v) is 54.3. The Kier molecular flexibility index (Phi) is 28.0. The highest BCUT2D eigenvalue weighted by Crippen LogP contribution is 2.36. The Morgan fingerprint density at radius 1 is 0.725 bits per heavy atom. The number of nitrogens with zero attached hydrogens (tertiary/aromatic N) is 9. The lowest BCUT2D eigenvalue weighted by Gasteiger charge is -2.31. The maximum Gasteiger partial charge on any atom is 0.410 e. The molecule has 5 N–H and O–H groups in total. The summed E-state index contributed by atoms with van der Waals surface area (Å²) >= 11 is 0. The standard InChI is InChI=1S/C27H38N6O7.C18H28N2O2.C15H18N4O6S.CO2.H2/c1-6-8-13-39-25-29-23(28)22(33(36)37)24(30-25)32(17-21(34)38-7-2)15-18-9-10-20-16-31(12-11-19(20)14-18)26(35)40-27(3,4)5;1-5-9-19-12-14-6-7-16-13-20(10-8-15(16)11-14)17(21)22-18(2,3)4;1-3-4-9-24-15-17-13(16)12(19(20)21)14(18-15)25-26(22,23)11-7-5-10(2)6-8-11;2-1-3;/h9-10,14H,6-8,11-13,15-17H2,1-5H3,(H2,28,29,30);6-7,11,19H,5,8-10,12-13H2,1-4H3;5-8H,3-4,9H2,1-2H3,(H2,16,17,18);;1H/i;;;;1+2D. The van der Waals surface area contributed by atoms with Crippen molar-refractivity contribution < 1.29 is 73.1 Å². The quantitative estimate of drug-likeness (QED) is 0.0137. The van der Waals surface area contributed by atoms with Gasteiger partial charge in [-0.3, -0.25) is 25.0 Å². The summed E-state index contributed by atoms with van der Waals surface area (Å²) in [4.78, 5) is 95.4. The van der Waals surface area contributed by atoms with Gasteiger partial charge in [0.15, 0.2) is 0 Å². The zero-order chi connectivity index (χ0) is 69.6. The number of benzene rings is 3. The number of fused-ring (bicyclic) bond motifs is 2. The molecular weight excluding hydrogens is 1200 g/mol. The number of anilines is 3. The van der Waals surface area contributed by atoms with Gasteiger partial charge in [-0.05, 0) is 140 Å². The molecule has 2 aromatic heterocycles. The molecule has 30 heteroatoms. The number of carbonyl (C=O) groups excluding carboxylic acids is 5. The summed E-state index contributed by atoms with van der Waals surface area (Å²) in [6, 6.07) is 17.7. The second-order valence-corrected chi connectivity index (χ2v) is 24.4. The molecule has 0 aliphatic carbocycles. The van der Waals surface area contributed by atoms with E-state index in [1.165, 1.54) is 33.7 Å². The Morgan fingerprint density at radius 2 is 1.21 bits per heavy atom. The van der Waals surface area contributed by atoms with Crippen molar-refractivity contribution in [3.8, 4) is 17.9 Å². The van der Waals surface area contributed by atoms with Crippen LogP contribution in [0.3, 0.4) is 0 Å². The van der Waals surface area contributed by atoms with Crippen LogP contribution >= 0.6 is 0 Å². The first-order chi connectivity index (χ1) is 44.0. The smallest absolute Gasteiger partial charge is 0.410 e. The summed E-state index contributed by atoms with van der Waals surface area (Å²) in [6.07, 6.45) is 5.47. The highest BCUT2D eigenvalue weighted by Gasteiger charge is 2.33. The van der Waals surface area contributed by atoms with E-state index in [1.807, 2.05) is 73.6 Å². The highest BCUT2D eigenvalue weighted by molar-refractivity contribution is 7.87. The molecule has 0 spiro atoms. The van der Waals surface area contributed by atoms with Crippen LogP contribution in [0.1, 0.15) is 143 Å². The molecule has 5 aromatic rings. The van der Waals surface area contributed by atoms with Crippen LogP contribution in [0.5, 0.6) is 17.9 Å². The van der Waals surface area contributed by atoms with E-state index in [-0.39, 0.29) is 73.2 Å². The average molecular weight is 1290 g/mol. The number of ether oxygens (including phenoxy) is 5. The van der Waals surface area contributed by atoms with Gasteiger partial charge in [0, 0.05) is 42.2 Å². The zero-order valence-electron chi connectivity index (χ0n) is 55.5. The Bertz CT molecular complexity index is 3440. The van der Waals surface area contributed by atoms with Gasteiger partial charge in [-0.1, -0.05) is 87.7 Å². The van der Waals surface area contributed by atoms with Gasteiger partial charge in [0.05, 0.1) is 29.7 Å². The highest BCUT2D eigenvalue weighted by atomic mass is 32.2. The van der Waals surface area contributed by atoms with Gasteiger partial charge < -0.3 is 59.4 Å². The van der Waals surface area contributed by atoms with Gasteiger partial charge in [0.2, 0.25) is 17.5 Å². The Balaban J connectivity index is 0.000000369. The third-order valence-corrected chi connectivity index (χ3v) is 14.2. The maximum absolute atomic E-state index is 12.5. The maximum atomic E-state index is 12.5. The largest absolute Gasteiger partial charge is 0.465 e. The summed E-state index contributed by atoms with van der Waals surface area (Å²) in [5, 5.41) is 26.6. The van der Waals surface area contributed by atoms with Crippen molar-refractivity contribution in [3.63, 3.8) is 0 Å². The minimum Gasteiger partial charge on any atom is -0.465 e. The molecule has 91 heavy (non-hydrogen) atoms. The molecule has 3 aromatic carbocycles. The van der Waals surface area contributed by atoms with Crippen molar-refractivity contribution in [3.05, 3.63) is 120 Å². The van der Waals surface area contributed by atoms with E-state index in [0.717, 1.165) is 74.0 Å². The number of hydrogen-bond acceptors (Lipinski definition) is 25. The lowest BCUT2D eigenvalue weighted by molar-refractivity contribution is -0.385. The van der Waals surface area contributed by atoms with Crippen LogP contribution in [0.4, 0.5) is 38.4 Å². The molecule has 7 rings (SSSR count). The van der Waals surface area contributed by atoms with Crippen LogP contribution in [-0.4, -0.2) is 130 Å². The molecule has 2 aliphatic heterocycles. The fraction of sp³-hybridized carbons (Fsp3) is 0.508. The van der Waals surface area contributed by atoms with E-state index in [2.05, 4.69) is 50.4 Å². The number of nitrogens with two attached hydrogens (primary N) is 2. The number of amides is 2.